The van der Waals surface area contributed by atoms with Gasteiger partial charge in [0.1, 0.15) is 17.2 Å². The van der Waals surface area contributed by atoms with Crippen LogP contribution < -0.4 is 20.7 Å². The van der Waals surface area contributed by atoms with Crippen molar-refractivity contribution in [3.05, 3.63) is 89.1 Å². The monoisotopic (exact) mass is 589 g/mol. The first-order valence-electron chi connectivity index (χ1n) is 12.8. The van der Waals surface area contributed by atoms with Gasteiger partial charge in [0.05, 0.1) is 35.0 Å². The van der Waals surface area contributed by atoms with Crippen LogP contribution in [0.4, 0.5) is 29.5 Å². The zero-order valence-electron chi connectivity index (χ0n) is 22.8. The molecule has 1 aliphatic rings. The van der Waals surface area contributed by atoms with E-state index in [4.69, 9.17) is 10.5 Å². The Morgan fingerprint density at radius 3 is 2.37 bits per heavy atom. The van der Waals surface area contributed by atoms with E-state index >= 15 is 4.39 Å². The van der Waals surface area contributed by atoms with Crippen molar-refractivity contribution in [1.29, 1.82) is 0 Å². The fourth-order valence-corrected chi connectivity index (χ4v) is 4.76. The Bertz CT molecular complexity index is 1980. The van der Waals surface area contributed by atoms with Crippen LogP contribution in [0, 0.1) is 24.4 Å². The van der Waals surface area contributed by atoms with Crippen molar-refractivity contribution < 1.29 is 32.3 Å². The SMILES string of the molecule is Cc1cc(Oc2c(F)cccc2F)ncc1-n1ncc(C(=O)c2cc3cc(F)c(N4C(=O)NC(C)(C)C4=O)cc3[nH]2)c1N. The topological polar surface area (TPSA) is 148 Å². The number of rotatable bonds is 6. The zero-order chi connectivity index (χ0) is 30.8. The van der Waals surface area contributed by atoms with Gasteiger partial charge in [-0.1, -0.05) is 6.07 Å². The Morgan fingerprint density at radius 2 is 1.72 bits per heavy atom. The number of H-pyrrole nitrogens is 1. The van der Waals surface area contributed by atoms with Crippen molar-refractivity contribution in [2.45, 2.75) is 26.3 Å². The molecule has 0 bridgehead atoms. The van der Waals surface area contributed by atoms with E-state index in [2.05, 4.69) is 20.4 Å². The first-order chi connectivity index (χ1) is 20.4. The number of ether oxygens (including phenoxy) is 1. The molecule has 1 aliphatic heterocycles. The van der Waals surface area contributed by atoms with Gasteiger partial charge in [0.25, 0.3) is 5.91 Å². The summed E-state index contributed by atoms with van der Waals surface area (Å²) < 4.78 is 49.5. The first kappa shape index (κ1) is 27.5. The van der Waals surface area contributed by atoms with Gasteiger partial charge in [-0.3, -0.25) is 9.59 Å². The number of aryl methyl sites for hydroxylation is 1. The predicted molar refractivity (Wildman–Crippen MR) is 149 cm³/mol. The summed E-state index contributed by atoms with van der Waals surface area (Å²) in [5, 5.41) is 7.03. The molecule has 2 aromatic carbocycles. The van der Waals surface area contributed by atoms with E-state index in [1.165, 1.54) is 55.2 Å². The molecule has 0 aliphatic carbocycles. The number of benzene rings is 2. The van der Waals surface area contributed by atoms with Crippen molar-refractivity contribution in [2.24, 2.45) is 0 Å². The molecule has 4 N–H and O–H groups in total. The molecule has 11 nitrogen and oxygen atoms in total. The van der Waals surface area contributed by atoms with E-state index in [0.29, 0.717) is 22.2 Å². The van der Waals surface area contributed by atoms with Crippen molar-refractivity contribution >= 4 is 40.1 Å². The maximum Gasteiger partial charge on any atom is 0.329 e. The molecule has 0 spiro atoms. The minimum Gasteiger partial charge on any atom is -0.433 e. The smallest absolute Gasteiger partial charge is 0.329 e. The molecule has 5 aromatic rings. The Kier molecular flexibility index (Phi) is 6.22. The lowest BCUT2D eigenvalue weighted by Crippen LogP contribution is -2.40. The van der Waals surface area contributed by atoms with E-state index in [0.717, 1.165) is 23.1 Å². The number of halogens is 3. The third kappa shape index (κ3) is 4.52. The number of aromatic nitrogens is 4. The summed E-state index contributed by atoms with van der Waals surface area (Å²) in [7, 11) is 0. The number of urea groups is 1. The molecule has 0 unspecified atom stereocenters. The largest absolute Gasteiger partial charge is 0.433 e. The number of ketones is 1. The standard InChI is InChI=1S/C29H22F3N7O4/c1-13-7-23(43-25-16(30)5-4-6-17(25)31)34-12-22(13)39-26(33)15(11-35-39)24(40)20-9-14-8-18(32)21(10-19(14)36-20)38-27(41)29(2,3)37-28(38)42/h4-12,36H,33H2,1-3H3,(H,37,42). The number of nitrogens with two attached hydrogens (primary N) is 1. The number of nitrogens with one attached hydrogen (secondary N) is 2. The number of nitrogens with zero attached hydrogens (tertiary/aromatic N) is 4. The number of anilines is 2. The number of carbonyl (C=O) groups is 3. The maximum atomic E-state index is 15.0. The molecule has 14 heteroatoms. The molecule has 43 heavy (non-hydrogen) atoms. The second-order valence-corrected chi connectivity index (χ2v) is 10.4. The van der Waals surface area contributed by atoms with E-state index < -0.39 is 46.5 Å². The Hall–Kier alpha value is -5.66. The van der Waals surface area contributed by atoms with Crippen LogP contribution in [0.1, 0.15) is 35.5 Å². The molecule has 4 heterocycles. The highest BCUT2D eigenvalue weighted by atomic mass is 19.1. The second-order valence-electron chi connectivity index (χ2n) is 10.4. The van der Waals surface area contributed by atoms with Gasteiger partial charge in [-0.05, 0) is 56.7 Å². The fourth-order valence-electron chi connectivity index (χ4n) is 4.76. The van der Waals surface area contributed by atoms with E-state index in [-0.39, 0.29) is 28.6 Å². The molecule has 3 aromatic heterocycles. The van der Waals surface area contributed by atoms with Crippen LogP contribution in [-0.2, 0) is 4.79 Å². The number of amides is 3. The van der Waals surface area contributed by atoms with E-state index in [1.54, 1.807) is 6.92 Å². The number of hydrogen-bond acceptors (Lipinski definition) is 7. The summed E-state index contributed by atoms with van der Waals surface area (Å²) in [5.41, 5.74) is 6.10. The number of para-hydroxylation sites is 1. The molecule has 218 valence electrons. The average Bonchev–Trinajstić information content (AvgIpc) is 3.58. The van der Waals surface area contributed by atoms with Gasteiger partial charge in [-0.25, -0.2) is 32.5 Å². The zero-order valence-corrected chi connectivity index (χ0v) is 22.8. The van der Waals surface area contributed by atoms with Gasteiger partial charge >= 0.3 is 6.03 Å². The molecule has 1 saturated heterocycles. The number of aromatic amines is 1. The summed E-state index contributed by atoms with van der Waals surface area (Å²) in [6, 6.07) is 7.79. The maximum absolute atomic E-state index is 15.0. The van der Waals surface area contributed by atoms with Crippen molar-refractivity contribution in [3.8, 4) is 17.3 Å². The minimum absolute atomic E-state index is 0.0243. The Labute approximate surface area is 241 Å². The molecule has 1 fully saturated rings. The Balaban J connectivity index is 1.29. The predicted octanol–water partition coefficient (Wildman–Crippen LogP) is 4.91. The number of fused-ring (bicyclic) bond motifs is 1. The minimum atomic E-state index is -1.20. The second kappa shape index (κ2) is 9.72. The van der Waals surface area contributed by atoms with Gasteiger partial charge in [0, 0.05) is 17.0 Å². The van der Waals surface area contributed by atoms with Crippen LogP contribution in [0.15, 0.2) is 54.9 Å². The highest BCUT2D eigenvalue weighted by molar-refractivity contribution is 6.23. The lowest BCUT2D eigenvalue weighted by atomic mass is 10.1. The summed E-state index contributed by atoms with van der Waals surface area (Å²) in [5.74, 6) is -4.49. The van der Waals surface area contributed by atoms with Gasteiger partial charge in [0.15, 0.2) is 11.6 Å². The number of nitrogen functional groups attached to an aromatic ring is 1. The lowest BCUT2D eigenvalue weighted by Gasteiger charge is -2.16. The molecule has 0 saturated carbocycles. The molecule has 6 rings (SSSR count). The quantitative estimate of drug-likeness (QED) is 0.188. The first-order valence-corrected chi connectivity index (χ1v) is 12.8. The summed E-state index contributed by atoms with van der Waals surface area (Å²) in [4.78, 5) is 46.2. The number of hydrogen-bond donors (Lipinski definition) is 3. The highest BCUT2D eigenvalue weighted by Crippen LogP contribution is 2.32. The van der Waals surface area contributed by atoms with Crippen molar-refractivity contribution in [3.63, 3.8) is 0 Å². The van der Waals surface area contributed by atoms with Gasteiger partial charge in [-0.15, -0.1) is 0 Å². The third-order valence-corrected chi connectivity index (χ3v) is 7.00. The molecular weight excluding hydrogens is 567 g/mol. The molecular formula is C29H22F3N7O4. The van der Waals surface area contributed by atoms with Crippen molar-refractivity contribution in [1.82, 2.24) is 25.1 Å². The molecule has 0 radical (unpaired) electrons. The van der Waals surface area contributed by atoms with Gasteiger partial charge < -0.3 is 20.8 Å². The van der Waals surface area contributed by atoms with Crippen LogP contribution in [-0.4, -0.2) is 43.0 Å². The van der Waals surface area contributed by atoms with Crippen LogP contribution in [0.25, 0.3) is 16.6 Å². The average molecular weight is 590 g/mol. The molecule has 3 amide bonds. The Morgan fingerprint density at radius 1 is 1.00 bits per heavy atom. The molecule has 0 atom stereocenters. The normalized spacial score (nSPS) is 14.4. The van der Waals surface area contributed by atoms with E-state index in [9.17, 15) is 23.2 Å². The summed E-state index contributed by atoms with van der Waals surface area (Å²) in [6.45, 7) is 4.68. The highest BCUT2D eigenvalue weighted by Gasteiger charge is 2.46. The lowest BCUT2D eigenvalue weighted by molar-refractivity contribution is -0.121. The summed E-state index contributed by atoms with van der Waals surface area (Å²) >= 11 is 0. The van der Waals surface area contributed by atoms with Gasteiger partial charge in [0.2, 0.25) is 17.4 Å². The van der Waals surface area contributed by atoms with Crippen molar-refractivity contribution in [2.75, 3.05) is 10.6 Å². The van der Waals surface area contributed by atoms with Crippen LogP contribution >= 0.6 is 0 Å². The van der Waals surface area contributed by atoms with Crippen LogP contribution in [0.2, 0.25) is 0 Å². The van der Waals surface area contributed by atoms with E-state index in [1.807, 2.05) is 0 Å². The summed E-state index contributed by atoms with van der Waals surface area (Å²) in [6.07, 6.45) is 2.58. The number of carbonyl (C=O) groups excluding carboxylic acids is 3. The van der Waals surface area contributed by atoms with Crippen LogP contribution in [0.3, 0.4) is 0 Å². The fraction of sp³-hybridized carbons (Fsp3) is 0.138. The number of imide groups is 1. The number of pyridine rings is 1. The third-order valence-electron chi connectivity index (χ3n) is 7.00. The van der Waals surface area contributed by atoms with Gasteiger partial charge in [-0.2, -0.15) is 5.10 Å². The van der Waals surface area contributed by atoms with Crippen LogP contribution in [0.5, 0.6) is 11.6 Å².